The molecule has 3 heteroatoms. The minimum Gasteiger partial charge on any atom is -0.292 e. The second kappa shape index (κ2) is 3.89. The van der Waals surface area contributed by atoms with Gasteiger partial charge in [0.25, 0.3) is 0 Å². The Hall–Kier alpha value is -0.960. The van der Waals surface area contributed by atoms with Crippen molar-refractivity contribution in [2.75, 3.05) is 6.54 Å². The number of hydrogen-bond acceptors (Lipinski definition) is 3. The van der Waals surface area contributed by atoms with Gasteiger partial charge in [-0.05, 0) is 32.2 Å². The highest BCUT2D eigenvalue weighted by Crippen LogP contribution is 2.39. The highest BCUT2D eigenvalue weighted by molar-refractivity contribution is 5.07. The molecule has 2 unspecified atom stereocenters. The number of nitrogens with zero attached hydrogens (tertiary/aromatic N) is 3. The molecule has 0 radical (unpaired) electrons. The summed E-state index contributed by atoms with van der Waals surface area (Å²) in [6.07, 6.45) is 12.3. The molecule has 0 N–H and O–H groups in total. The lowest BCUT2D eigenvalue weighted by atomic mass is 10.0. The molecular formula is C12H17N3. The topological polar surface area (TPSA) is 29.0 Å². The summed E-state index contributed by atoms with van der Waals surface area (Å²) in [5.74, 6) is 0. The average Bonchev–Trinajstić information content (AvgIpc) is 2.74. The van der Waals surface area contributed by atoms with Crippen LogP contribution in [0.4, 0.5) is 0 Å². The summed E-state index contributed by atoms with van der Waals surface area (Å²) < 4.78 is 0. The van der Waals surface area contributed by atoms with E-state index in [4.69, 9.17) is 0 Å². The number of aromatic nitrogens is 2. The fourth-order valence-corrected chi connectivity index (χ4v) is 3.06. The second-order valence-corrected chi connectivity index (χ2v) is 4.61. The van der Waals surface area contributed by atoms with Crippen molar-refractivity contribution in [3.63, 3.8) is 0 Å². The van der Waals surface area contributed by atoms with Gasteiger partial charge in [0.1, 0.15) is 0 Å². The fraction of sp³-hybridized carbons (Fsp3) is 0.667. The zero-order valence-corrected chi connectivity index (χ0v) is 8.97. The number of fused-ring (bicyclic) bond motifs is 1. The molecule has 0 aliphatic carbocycles. The lowest BCUT2D eigenvalue weighted by molar-refractivity contribution is 0.147. The Labute approximate surface area is 90.5 Å². The number of piperidine rings is 1. The molecule has 0 aromatic carbocycles. The van der Waals surface area contributed by atoms with Gasteiger partial charge in [0.2, 0.25) is 0 Å². The molecule has 2 saturated heterocycles. The third-order valence-corrected chi connectivity index (χ3v) is 3.77. The van der Waals surface area contributed by atoms with Crippen LogP contribution >= 0.6 is 0 Å². The predicted octanol–water partition coefficient (Wildman–Crippen LogP) is 2.17. The van der Waals surface area contributed by atoms with Crippen LogP contribution in [0.1, 0.15) is 43.8 Å². The second-order valence-electron chi connectivity index (χ2n) is 4.61. The first-order chi connectivity index (χ1) is 7.45. The predicted molar refractivity (Wildman–Crippen MR) is 58.4 cm³/mol. The van der Waals surface area contributed by atoms with Gasteiger partial charge in [0, 0.05) is 24.6 Å². The Morgan fingerprint density at radius 1 is 1.13 bits per heavy atom. The number of hydrogen-bond donors (Lipinski definition) is 0. The molecule has 0 amide bonds. The van der Waals surface area contributed by atoms with Crippen LogP contribution in [0, 0.1) is 0 Å². The lowest BCUT2D eigenvalue weighted by Gasteiger charge is -2.33. The fourth-order valence-electron chi connectivity index (χ4n) is 3.06. The van der Waals surface area contributed by atoms with Crippen LogP contribution in [-0.4, -0.2) is 27.5 Å². The maximum Gasteiger partial charge on any atom is 0.0758 e. The molecule has 2 aliphatic rings. The van der Waals surface area contributed by atoms with E-state index < -0.39 is 0 Å². The lowest BCUT2D eigenvalue weighted by Crippen LogP contribution is -2.36. The van der Waals surface area contributed by atoms with Crippen molar-refractivity contribution in [3.05, 3.63) is 24.3 Å². The smallest absolute Gasteiger partial charge is 0.0758 e. The summed E-state index contributed by atoms with van der Waals surface area (Å²) in [6.45, 7) is 1.26. The first kappa shape index (κ1) is 9.28. The maximum absolute atomic E-state index is 4.45. The molecule has 15 heavy (non-hydrogen) atoms. The highest BCUT2D eigenvalue weighted by Gasteiger charge is 2.36. The molecular weight excluding hydrogens is 186 g/mol. The average molecular weight is 203 g/mol. The van der Waals surface area contributed by atoms with Crippen LogP contribution in [0.5, 0.6) is 0 Å². The molecule has 2 fully saturated rings. The van der Waals surface area contributed by atoms with E-state index in [1.165, 1.54) is 44.3 Å². The van der Waals surface area contributed by atoms with Crippen LogP contribution in [0.15, 0.2) is 18.6 Å². The van der Waals surface area contributed by atoms with Crippen molar-refractivity contribution in [1.29, 1.82) is 0 Å². The molecule has 0 saturated carbocycles. The molecule has 2 aliphatic heterocycles. The van der Waals surface area contributed by atoms with Gasteiger partial charge in [-0.3, -0.25) is 14.9 Å². The summed E-state index contributed by atoms with van der Waals surface area (Å²) in [5.41, 5.74) is 1.17. The van der Waals surface area contributed by atoms with E-state index in [2.05, 4.69) is 14.9 Å². The first-order valence-corrected chi connectivity index (χ1v) is 5.97. The Kier molecular flexibility index (Phi) is 2.41. The van der Waals surface area contributed by atoms with Gasteiger partial charge in [-0.15, -0.1) is 0 Å². The zero-order valence-electron chi connectivity index (χ0n) is 8.97. The van der Waals surface area contributed by atoms with Crippen molar-refractivity contribution in [1.82, 2.24) is 14.9 Å². The molecule has 0 bridgehead atoms. The molecule has 1 aromatic rings. The van der Waals surface area contributed by atoms with E-state index >= 15 is 0 Å². The maximum atomic E-state index is 4.45. The molecule has 1 aromatic heterocycles. The van der Waals surface area contributed by atoms with Gasteiger partial charge in [-0.1, -0.05) is 6.42 Å². The van der Waals surface area contributed by atoms with E-state index in [9.17, 15) is 0 Å². The minimum atomic E-state index is 0.545. The summed E-state index contributed by atoms with van der Waals surface area (Å²) in [4.78, 5) is 11.3. The Morgan fingerprint density at radius 2 is 2.13 bits per heavy atom. The quantitative estimate of drug-likeness (QED) is 0.700. The Balaban J connectivity index is 1.82. The van der Waals surface area contributed by atoms with Crippen molar-refractivity contribution in [3.8, 4) is 0 Å². The summed E-state index contributed by atoms with van der Waals surface area (Å²) in [7, 11) is 0. The van der Waals surface area contributed by atoms with Gasteiger partial charge in [-0.25, -0.2) is 0 Å². The van der Waals surface area contributed by atoms with Crippen LogP contribution < -0.4 is 0 Å². The standard InChI is InChI=1S/C12H17N3/c1-2-8-15-10(3-1)4-5-12(15)11-9-13-6-7-14-11/h6-7,9-10,12H,1-5,8H2. The van der Waals surface area contributed by atoms with Crippen LogP contribution in [-0.2, 0) is 0 Å². The normalized spacial score (nSPS) is 31.5. The number of rotatable bonds is 1. The van der Waals surface area contributed by atoms with Gasteiger partial charge < -0.3 is 0 Å². The molecule has 3 rings (SSSR count). The van der Waals surface area contributed by atoms with Crippen LogP contribution in [0.2, 0.25) is 0 Å². The zero-order chi connectivity index (χ0) is 10.1. The Bertz CT molecular complexity index is 325. The molecule has 3 nitrogen and oxygen atoms in total. The van der Waals surface area contributed by atoms with Gasteiger partial charge in [0.05, 0.1) is 11.7 Å². The molecule has 0 spiro atoms. The molecule has 2 atom stereocenters. The van der Waals surface area contributed by atoms with E-state index in [1.807, 2.05) is 12.4 Å². The van der Waals surface area contributed by atoms with E-state index in [0.29, 0.717) is 6.04 Å². The van der Waals surface area contributed by atoms with E-state index in [0.717, 1.165) is 6.04 Å². The van der Waals surface area contributed by atoms with Crippen molar-refractivity contribution in [2.24, 2.45) is 0 Å². The minimum absolute atomic E-state index is 0.545. The highest BCUT2D eigenvalue weighted by atomic mass is 15.2. The van der Waals surface area contributed by atoms with Gasteiger partial charge in [-0.2, -0.15) is 0 Å². The summed E-state index contributed by atoms with van der Waals surface area (Å²) >= 11 is 0. The monoisotopic (exact) mass is 203 g/mol. The van der Waals surface area contributed by atoms with Gasteiger partial charge in [0.15, 0.2) is 0 Å². The van der Waals surface area contributed by atoms with Crippen LogP contribution in [0.25, 0.3) is 0 Å². The SMILES string of the molecule is c1cnc(C2CCC3CCCCN32)cn1. The van der Waals surface area contributed by atoms with Crippen molar-refractivity contribution < 1.29 is 0 Å². The molecule has 80 valence electrons. The Morgan fingerprint density at radius 3 is 3.00 bits per heavy atom. The van der Waals surface area contributed by atoms with Crippen LogP contribution in [0.3, 0.4) is 0 Å². The van der Waals surface area contributed by atoms with Crippen molar-refractivity contribution in [2.45, 2.75) is 44.2 Å². The van der Waals surface area contributed by atoms with Gasteiger partial charge >= 0.3 is 0 Å². The van der Waals surface area contributed by atoms with E-state index in [1.54, 1.807) is 6.20 Å². The largest absolute Gasteiger partial charge is 0.292 e. The third-order valence-electron chi connectivity index (χ3n) is 3.77. The third kappa shape index (κ3) is 1.65. The molecule has 3 heterocycles. The van der Waals surface area contributed by atoms with E-state index in [-0.39, 0.29) is 0 Å². The summed E-state index contributed by atoms with van der Waals surface area (Å²) in [6, 6.07) is 1.37. The first-order valence-electron chi connectivity index (χ1n) is 5.97. The summed E-state index contributed by atoms with van der Waals surface area (Å²) in [5, 5.41) is 0. The van der Waals surface area contributed by atoms with Crippen molar-refractivity contribution >= 4 is 0 Å².